The predicted molar refractivity (Wildman–Crippen MR) is 177 cm³/mol. The third-order valence-corrected chi connectivity index (χ3v) is 5.81. The van der Waals surface area contributed by atoms with Gasteiger partial charge in [0.2, 0.25) is 0 Å². The zero-order chi connectivity index (χ0) is 33.8. The van der Waals surface area contributed by atoms with E-state index in [0.717, 1.165) is 5.33 Å². The lowest BCUT2D eigenvalue weighted by Gasteiger charge is -2.09. The molecule has 0 atom stereocenters. The molecular weight excluding hydrogens is 692 g/mol. The summed E-state index contributed by atoms with van der Waals surface area (Å²) in [6.07, 6.45) is 0. The van der Waals surface area contributed by atoms with Crippen molar-refractivity contribution in [3.8, 4) is 0 Å². The molecule has 0 aliphatic carbocycles. The van der Waals surface area contributed by atoms with Gasteiger partial charge in [-0.25, -0.2) is 0 Å². The van der Waals surface area contributed by atoms with Gasteiger partial charge in [0.15, 0.2) is 0 Å². The Kier molecular flexibility index (Phi) is 45.8. The lowest BCUT2D eigenvalue weighted by Crippen LogP contribution is -2.15. The monoisotopic (exact) mass is 754 g/mol. The molecule has 0 unspecified atom stereocenters. The maximum atomic E-state index is 5.48. The normalized spacial score (nSPS) is 11.6. The van der Waals surface area contributed by atoms with Crippen LogP contribution in [0.25, 0.3) is 0 Å². The number of hydrogen-bond acceptors (Lipinski definition) is 15. The molecule has 0 aromatic heterocycles. The summed E-state index contributed by atoms with van der Waals surface area (Å²) >= 11 is 3.30. The van der Waals surface area contributed by atoms with Crippen molar-refractivity contribution < 1.29 is 71.1 Å². The second-order valence-corrected chi connectivity index (χ2v) is 10.0. The number of ether oxygens (including phenoxy) is 15. The fourth-order valence-corrected chi connectivity index (χ4v) is 3.39. The molecule has 0 aliphatic rings. The van der Waals surface area contributed by atoms with Gasteiger partial charge in [-0.05, 0) is 0 Å². The Balaban J connectivity index is 3.03. The zero-order valence-corrected chi connectivity index (χ0v) is 30.3. The average Bonchev–Trinajstić information content (AvgIpc) is 3.08. The van der Waals surface area contributed by atoms with Gasteiger partial charge >= 0.3 is 0 Å². The first kappa shape index (κ1) is 46.9. The van der Waals surface area contributed by atoms with Crippen LogP contribution >= 0.6 is 15.9 Å². The number of rotatable bonds is 44. The molecule has 0 saturated carbocycles. The van der Waals surface area contributed by atoms with Crippen molar-refractivity contribution in [2.75, 3.05) is 204 Å². The van der Waals surface area contributed by atoms with E-state index in [2.05, 4.69) is 15.9 Å². The Labute approximate surface area is 290 Å². The molecule has 0 saturated heterocycles. The largest absolute Gasteiger partial charge is 0.382 e. The average molecular weight is 756 g/mol. The van der Waals surface area contributed by atoms with Gasteiger partial charge in [-0.2, -0.15) is 0 Å². The minimum absolute atomic E-state index is 0.507. The van der Waals surface area contributed by atoms with E-state index < -0.39 is 0 Å². The predicted octanol–water partition coefficient (Wildman–Crippen LogP) is 1.26. The summed E-state index contributed by atoms with van der Waals surface area (Å²) < 4.78 is 80.9. The minimum Gasteiger partial charge on any atom is -0.382 e. The molecule has 0 radical (unpaired) electrons. The molecule has 47 heavy (non-hydrogen) atoms. The molecule has 0 bridgehead atoms. The molecule has 15 nitrogen and oxygen atoms in total. The van der Waals surface area contributed by atoms with Gasteiger partial charge in [-0.15, -0.1) is 0 Å². The highest BCUT2D eigenvalue weighted by Gasteiger charge is 1.97. The lowest BCUT2D eigenvalue weighted by atomic mass is 10.6. The third kappa shape index (κ3) is 45.9. The van der Waals surface area contributed by atoms with Crippen LogP contribution in [0.15, 0.2) is 0 Å². The topological polar surface area (TPSA) is 138 Å². The molecule has 0 N–H and O–H groups in total. The first-order valence-corrected chi connectivity index (χ1v) is 17.7. The van der Waals surface area contributed by atoms with Crippen LogP contribution < -0.4 is 0 Å². The zero-order valence-electron chi connectivity index (χ0n) is 28.7. The van der Waals surface area contributed by atoms with Crippen LogP contribution in [-0.2, 0) is 71.1 Å². The van der Waals surface area contributed by atoms with E-state index >= 15 is 0 Å². The number of hydrogen-bond donors (Lipinski definition) is 0. The SMILES string of the molecule is COCCOCCOCCOCCOCCOCCOCCOCCOCCOCCOCCOCCOCCOCCOCCBr. The van der Waals surface area contributed by atoms with Gasteiger partial charge in [-0.1, -0.05) is 15.9 Å². The summed E-state index contributed by atoms with van der Waals surface area (Å²) in [6.45, 7) is 15.6. The van der Waals surface area contributed by atoms with Crippen LogP contribution in [0, 0.1) is 0 Å². The molecule has 0 aromatic carbocycles. The van der Waals surface area contributed by atoms with Gasteiger partial charge in [0.1, 0.15) is 0 Å². The Morgan fingerprint density at radius 1 is 0.213 bits per heavy atom. The van der Waals surface area contributed by atoms with Gasteiger partial charge in [0.05, 0.1) is 192 Å². The second kappa shape index (κ2) is 45.9. The smallest absolute Gasteiger partial charge is 0.0701 e. The Bertz CT molecular complexity index is 499. The van der Waals surface area contributed by atoms with Crippen LogP contribution in [0.2, 0.25) is 0 Å². The van der Waals surface area contributed by atoms with Crippen molar-refractivity contribution in [2.45, 2.75) is 0 Å². The van der Waals surface area contributed by atoms with Gasteiger partial charge in [0.25, 0.3) is 0 Å². The van der Waals surface area contributed by atoms with Gasteiger partial charge < -0.3 is 71.1 Å². The molecular formula is C31H63BrO15. The van der Waals surface area contributed by atoms with Crippen LogP contribution in [0.5, 0.6) is 0 Å². The van der Waals surface area contributed by atoms with E-state index in [-0.39, 0.29) is 0 Å². The fourth-order valence-electron chi connectivity index (χ4n) is 3.16. The molecule has 0 aliphatic heterocycles. The molecule has 16 heteroatoms. The quantitative estimate of drug-likeness (QED) is 0.0652. The van der Waals surface area contributed by atoms with Crippen molar-refractivity contribution >= 4 is 15.9 Å². The van der Waals surface area contributed by atoms with Crippen LogP contribution in [0.4, 0.5) is 0 Å². The molecule has 284 valence electrons. The summed E-state index contributed by atoms with van der Waals surface area (Å²) in [5.41, 5.74) is 0. The van der Waals surface area contributed by atoms with E-state index in [1.807, 2.05) is 0 Å². The van der Waals surface area contributed by atoms with Crippen molar-refractivity contribution in [2.24, 2.45) is 0 Å². The Morgan fingerprint density at radius 2 is 0.340 bits per heavy atom. The summed E-state index contributed by atoms with van der Waals surface area (Å²) in [7, 11) is 1.65. The second-order valence-electron chi connectivity index (χ2n) is 9.25. The number of alkyl halides is 1. The maximum absolute atomic E-state index is 5.48. The molecule has 0 heterocycles. The van der Waals surface area contributed by atoms with Crippen LogP contribution in [0.1, 0.15) is 0 Å². The van der Waals surface area contributed by atoms with Crippen LogP contribution in [-0.4, -0.2) is 204 Å². The molecule has 0 fully saturated rings. The van der Waals surface area contributed by atoms with E-state index in [1.165, 1.54) is 0 Å². The summed E-state index contributed by atoms with van der Waals surface area (Å²) in [4.78, 5) is 0. The highest BCUT2D eigenvalue weighted by molar-refractivity contribution is 9.09. The van der Waals surface area contributed by atoms with Crippen molar-refractivity contribution in [1.82, 2.24) is 0 Å². The maximum Gasteiger partial charge on any atom is 0.0701 e. The number of methoxy groups -OCH3 is 1. The van der Waals surface area contributed by atoms with Crippen molar-refractivity contribution in [1.29, 1.82) is 0 Å². The van der Waals surface area contributed by atoms with Gasteiger partial charge in [0, 0.05) is 12.4 Å². The Hall–Kier alpha value is -0.120. The summed E-state index contributed by atoms with van der Waals surface area (Å²) in [5, 5.41) is 0.836. The summed E-state index contributed by atoms with van der Waals surface area (Å²) in [6, 6.07) is 0. The molecule has 0 aromatic rings. The Morgan fingerprint density at radius 3 is 0.468 bits per heavy atom. The van der Waals surface area contributed by atoms with E-state index in [0.29, 0.717) is 192 Å². The lowest BCUT2D eigenvalue weighted by molar-refractivity contribution is -0.0298. The van der Waals surface area contributed by atoms with Gasteiger partial charge in [-0.3, -0.25) is 0 Å². The van der Waals surface area contributed by atoms with E-state index in [9.17, 15) is 0 Å². The van der Waals surface area contributed by atoms with Crippen LogP contribution in [0.3, 0.4) is 0 Å². The summed E-state index contributed by atoms with van der Waals surface area (Å²) in [5.74, 6) is 0. The molecule has 0 amide bonds. The van der Waals surface area contributed by atoms with E-state index in [1.54, 1.807) is 7.11 Å². The third-order valence-electron chi connectivity index (χ3n) is 5.49. The van der Waals surface area contributed by atoms with Crippen molar-refractivity contribution in [3.63, 3.8) is 0 Å². The van der Waals surface area contributed by atoms with E-state index in [4.69, 9.17) is 71.1 Å². The fraction of sp³-hybridized carbons (Fsp3) is 1.00. The molecule has 0 spiro atoms. The molecule has 0 rings (SSSR count). The van der Waals surface area contributed by atoms with Crippen molar-refractivity contribution in [3.05, 3.63) is 0 Å². The first-order chi connectivity index (χ1) is 23.4. The highest BCUT2D eigenvalue weighted by atomic mass is 79.9. The first-order valence-electron chi connectivity index (χ1n) is 16.5. The number of halogens is 1. The standard InChI is InChI=1S/C31H63BrO15/c1-33-4-5-35-8-9-37-12-13-39-16-17-41-20-21-43-24-25-45-28-29-47-31-30-46-27-26-44-23-22-42-19-18-40-15-14-38-11-10-36-7-6-34-3-2-32/h2-31H2,1H3. The highest BCUT2D eigenvalue weighted by Crippen LogP contribution is 1.88. The minimum atomic E-state index is 0.507.